The summed E-state index contributed by atoms with van der Waals surface area (Å²) >= 11 is 0. The van der Waals surface area contributed by atoms with E-state index in [-0.39, 0.29) is 24.4 Å². The van der Waals surface area contributed by atoms with Gasteiger partial charge in [0.25, 0.3) is 5.56 Å². The maximum absolute atomic E-state index is 12.7. The molecule has 0 saturated carbocycles. The summed E-state index contributed by atoms with van der Waals surface area (Å²) in [7, 11) is 0. The maximum atomic E-state index is 12.7. The van der Waals surface area contributed by atoms with E-state index in [2.05, 4.69) is 25.6 Å². The van der Waals surface area contributed by atoms with E-state index in [1.807, 2.05) is 36.4 Å². The molecule has 2 aromatic carbocycles. The predicted octanol–water partition coefficient (Wildman–Crippen LogP) is 2.64. The van der Waals surface area contributed by atoms with Crippen molar-refractivity contribution in [3.8, 4) is 0 Å². The lowest BCUT2D eigenvalue weighted by molar-refractivity contribution is -0.139. The maximum Gasteiger partial charge on any atom is 0.408 e. The number of benzene rings is 2. The highest BCUT2D eigenvalue weighted by Crippen LogP contribution is 2.13. The molecule has 0 spiro atoms. The monoisotopic (exact) mass is 489 g/mol. The Morgan fingerprint density at radius 1 is 1.19 bits per heavy atom. The Morgan fingerprint density at radius 2 is 2.03 bits per heavy atom. The average molecular weight is 490 g/mol. The highest BCUT2D eigenvalue weighted by Gasteiger charge is 2.23. The minimum absolute atomic E-state index is 0.00562. The van der Waals surface area contributed by atoms with E-state index in [0.29, 0.717) is 17.4 Å². The van der Waals surface area contributed by atoms with Crippen molar-refractivity contribution in [2.24, 2.45) is 4.99 Å². The molecule has 1 aliphatic heterocycles. The van der Waals surface area contributed by atoms with Gasteiger partial charge in [-0.2, -0.15) is 0 Å². The van der Waals surface area contributed by atoms with Crippen LogP contribution in [0, 0.1) is 0 Å². The summed E-state index contributed by atoms with van der Waals surface area (Å²) in [5.74, 6) is -0.106. The number of carbonyl (C=O) groups is 2. The molecule has 1 aliphatic rings. The lowest BCUT2D eigenvalue weighted by Crippen LogP contribution is -2.43. The molecule has 10 nitrogen and oxygen atoms in total. The molecule has 0 saturated heterocycles. The molecule has 1 atom stereocenters. The first-order valence-electron chi connectivity index (χ1n) is 11.6. The van der Waals surface area contributed by atoms with Gasteiger partial charge in [-0.3, -0.25) is 9.79 Å². The summed E-state index contributed by atoms with van der Waals surface area (Å²) in [6.45, 7) is 1.52. The topological polar surface area (TPSA) is 146 Å². The number of aromatic amines is 1. The van der Waals surface area contributed by atoms with Crippen LogP contribution < -0.4 is 16.2 Å². The third-order valence-corrected chi connectivity index (χ3v) is 5.59. The number of hydrogen-bond acceptors (Lipinski definition) is 7. The van der Waals surface area contributed by atoms with Crippen LogP contribution in [0.1, 0.15) is 29.8 Å². The Bertz CT molecular complexity index is 1350. The van der Waals surface area contributed by atoms with Crippen LogP contribution in [0.15, 0.2) is 64.4 Å². The van der Waals surface area contributed by atoms with Crippen molar-refractivity contribution in [1.82, 2.24) is 20.6 Å². The van der Waals surface area contributed by atoms with Gasteiger partial charge in [-0.25, -0.2) is 14.6 Å². The van der Waals surface area contributed by atoms with Gasteiger partial charge in [0.05, 0.1) is 16.7 Å². The zero-order valence-electron chi connectivity index (χ0n) is 19.6. The predicted molar refractivity (Wildman–Crippen MR) is 136 cm³/mol. The standard InChI is InChI=1S/C26H27N5O5/c32-24-19-14-17(8-4-12-27-22-9-5-13-28-22)10-11-20(19)29-23(31-24)15-21(25(33)34)30-26(35)36-16-18-6-2-1-3-7-18/h1-4,6-8,10-11,14,21H,5,9,12-13,15-16H2,(H,27,28)(H,30,35)(H,33,34)(H,29,31,32)/t21-/m0/s1. The van der Waals surface area contributed by atoms with Crippen LogP contribution in [-0.4, -0.2) is 52.1 Å². The van der Waals surface area contributed by atoms with E-state index in [0.717, 1.165) is 36.3 Å². The van der Waals surface area contributed by atoms with Crippen LogP contribution in [0.2, 0.25) is 0 Å². The summed E-state index contributed by atoms with van der Waals surface area (Å²) in [6.07, 6.45) is 4.83. The number of aliphatic imine (C=N–C) groups is 1. The first kappa shape index (κ1) is 24.6. The highest BCUT2D eigenvalue weighted by molar-refractivity contribution is 5.84. The van der Waals surface area contributed by atoms with Gasteiger partial charge in [-0.15, -0.1) is 0 Å². The molecular formula is C26H27N5O5. The number of carboxylic acids is 1. The first-order valence-corrected chi connectivity index (χ1v) is 11.6. The molecule has 2 heterocycles. The number of aliphatic carboxylic acids is 1. The van der Waals surface area contributed by atoms with E-state index < -0.39 is 18.1 Å². The molecule has 0 unspecified atom stereocenters. The summed E-state index contributed by atoms with van der Waals surface area (Å²) in [6, 6.07) is 13.0. The van der Waals surface area contributed by atoms with E-state index in [4.69, 9.17) is 4.74 Å². The molecule has 36 heavy (non-hydrogen) atoms. The molecule has 1 aromatic heterocycles. The zero-order valence-corrected chi connectivity index (χ0v) is 19.6. The van der Waals surface area contributed by atoms with Gasteiger partial charge < -0.3 is 25.5 Å². The number of ether oxygens (including phenoxy) is 1. The quantitative estimate of drug-likeness (QED) is 0.361. The molecule has 4 rings (SSSR count). The number of nitrogens with zero attached hydrogens (tertiary/aromatic N) is 2. The van der Waals surface area contributed by atoms with E-state index in [9.17, 15) is 19.5 Å². The van der Waals surface area contributed by atoms with Crippen molar-refractivity contribution < 1.29 is 19.4 Å². The Labute approximate surface area is 207 Å². The minimum Gasteiger partial charge on any atom is -0.480 e. The Morgan fingerprint density at radius 3 is 2.78 bits per heavy atom. The van der Waals surface area contributed by atoms with Crippen molar-refractivity contribution in [3.05, 3.63) is 81.9 Å². The number of aromatic nitrogens is 2. The van der Waals surface area contributed by atoms with Gasteiger partial charge >= 0.3 is 12.1 Å². The fraction of sp³-hybridized carbons (Fsp3) is 0.269. The fourth-order valence-corrected chi connectivity index (χ4v) is 3.76. The van der Waals surface area contributed by atoms with Crippen molar-refractivity contribution in [2.45, 2.75) is 31.9 Å². The molecule has 0 radical (unpaired) electrons. The second kappa shape index (κ2) is 11.8. The molecule has 0 aliphatic carbocycles. The van der Waals surface area contributed by atoms with Gasteiger partial charge in [-0.1, -0.05) is 48.6 Å². The summed E-state index contributed by atoms with van der Waals surface area (Å²) < 4.78 is 5.10. The van der Waals surface area contributed by atoms with Crippen molar-refractivity contribution in [3.63, 3.8) is 0 Å². The van der Waals surface area contributed by atoms with E-state index in [1.54, 1.807) is 24.3 Å². The smallest absolute Gasteiger partial charge is 0.408 e. The lowest BCUT2D eigenvalue weighted by atomic mass is 10.1. The second-order valence-corrected chi connectivity index (χ2v) is 8.31. The van der Waals surface area contributed by atoms with E-state index in [1.165, 1.54) is 0 Å². The van der Waals surface area contributed by atoms with Crippen molar-refractivity contribution in [2.75, 3.05) is 13.1 Å². The number of carboxylic acid groups (broad SMARTS) is 1. The van der Waals surface area contributed by atoms with Gasteiger partial charge in [0.2, 0.25) is 0 Å². The number of alkyl carbamates (subject to hydrolysis) is 1. The SMILES string of the molecule is O=C(N[C@@H](Cc1nc2ccc(C=CCNC3=NCCC3)cc2c(=O)[nH]1)C(=O)O)OCc1ccccc1. The van der Waals surface area contributed by atoms with Crippen LogP contribution in [-0.2, 0) is 22.6 Å². The Kier molecular flexibility index (Phi) is 8.07. The number of fused-ring (bicyclic) bond motifs is 1. The van der Waals surface area contributed by atoms with Crippen LogP contribution in [0.3, 0.4) is 0 Å². The van der Waals surface area contributed by atoms with Gasteiger partial charge in [0, 0.05) is 25.9 Å². The van der Waals surface area contributed by atoms with E-state index >= 15 is 0 Å². The zero-order chi connectivity index (χ0) is 25.3. The third kappa shape index (κ3) is 6.78. The van der Waals surface area contributed by atoms with Gasteiger partial charge in [0.1, 0.15) is 18.5 Å². The third-order valence-electron chi connectivity index (χ3n) is 5.59. The van der Waals surface area contributed by atoms with Crippen molar-refractivity contribution >= 4 is 34.9 Å². The van der Waals surface area contributed by atoms with Crippen LogP contribution in [0.5, 0.6) is 0 Å². The Balaban J connectivity index is 1.38. The minimum atomic E-state index is -1.33. The summed E-state index contributed by atoms with van der Waals surface area (Å²) in [5.41, 5.74) is 1.65. The summed E-state index contributed by atoms with van der Waals surface area (Å²) in [4.78, 5) is 47.9. The molecule has 1 amide bonds. The van der Waals surface area contributed by atoms with Crippen molar-refractivity contribution in [1.29, 1.82) is 0 Å². The fourth-order valence-electron chi connectivity index (χ4n) is 3.76. The second-order valence-electron chi connectivity index (χ2n) is 8.31. The first-order chi connectivity index (χ1) is 17.5. The molecule has 0 bridgehead atoms. The lowest BCUT2D eigenvalue weighted by Gasteiger charge is -2.14. The summed E-state index contributed by atoms with van der Waals surface area (Å²) in [5, 5.41) is 15.5. The van der Waals surface area contributed by atoms with Gasteiger partial charge in [-0.05, 0) is 29.7 Å². The molecule has 10 heteroatoms. The van der Waals surface area contributed by atoms with Gasteiger partial charge in [0.15, 0.2) is 0 Å². The number of carbonyl (C=O) groups excluding carboxylic acids is 1. The van der Waals surface area contributed by atoms with Crippen LogP contribution >= 0.6 is 0 Å². The number of nitrogens with one attached hydrogen (secondary N) is 3. The number of amidine groups is 1. The Hall–Kier alpha value is -4.47. The number of rotatable bonds is 9. The van der Waals surface area contributed by atoms with Crippen LogP contribution in [0.25, 0.3) is 17.0 Å². The van der Waals surface area contributed by atoms with Crippen LogP contribution in [0.4, 0.5) is 4.79 Å². The normalized spacial score (nSPS) is 13.9. The highest BCUT2D eigenvalue weighted by atomic mass is 16.5. The average Bonchev–Trinajstić information content (AvgIpc) is 3.39. The molecule has 0 fully saturated rings. The number of hydrogen-bond donors (Lipinski definition) is 4. The molecule has 4 N–H and O–H groups in total. The largest absolute Gasteiger partial charge is 0.480 e. The number of H-pyrrole nitrogens is 1. The molecular weight excluding hydrogens is 462 g/mol. The molecule has 3 aromatic rings. The molecule has 186 valence electrons. The number of amides is 1.